The van der Waals surface area contributed by atoms with E-state index in [1.54, 1.807) is 0 Å². The fourth-order valence-electron chi connectivity index (χ4n) is 1.06. The molecule has 0 amide bonds. The molecule has 1 heterocycles. The van der Waals surface area contributed by atoms with Crippen molar-refractivity contribution in [3.63, 3.8) is 0 Å². The first-order valence-corrected chi connectivity index (χ1v) is 3.99. The Labute approximate surface area is 67.8 Å². The predicted molar refractivity (Wildman–Crippen MR) is 45.8 cm³/mol. The SMILES string of the molecule is CC(C)C(O)N1C=CC=CC1. The number of hydrogen-bond donors (Lipinski definition) is 1. The Morgan fingerprint density at radius 1 is 1.36 bits per heavy atom. The van der Waals surface area contributed by atoms with Crippen molar-refractivity contribution >= 4 is 0 Å². The molecule has 0 fully saturated rings. The summed E-state index contributed by atoms with van der Waals surface area (Å²) >= 11 is 0. The molecule has 2 heteroatoms. The van der Waals surface area contributed by atoms with Crippen molar-refractivity contribution in [2.45, 2.75) is 20.1 Å². The molecule has 1 unspecified atom stereocenters. The largest absolute Gasteiger partial charge is 0.373 e. The summed E-state index contributed by atoms with van der Waals surface area (Å²) in [4.78, 5) is 1.92. The van der Waals surface area contributed by atoms with Crippen LogP contribution in [-0.4, -0.2) is 22.8 Å². The molecule has 1 atom stereocenters. The third-order valence-corrected chi connectivity index (χ3v) is 1.78. The maximum Gasteiger partial charge on any atom is 0.129 e. The number of allylic oxidation sites excluding steroid dienone is 2. The minimum absolute atomic E-state index is 0.283. The van der Waals surface area contributed by atoms with Gasteiger partial charge in [0.25, 0.3) is 0 Å². The zero-order chi connectivity index (χ0) is 8.27. The number of rotatable bonds is 2. The molecule has 11 heavy (non-hydrogen) atoms. The monoisotopic (exact) mass is 153 g/mol. The van der Waals surface area contributed by atoms with Crippen molar-refractivity contribution in [3.8, 4) is 0 Å². The van der Waals surface area contributed by atoms with E-state index in [0.717, 1.165) is 6.54 Å². The number of aliphatic hydroxyl groups excluding tert-OH is 1. The minimum atomic E-state index is -0.351. The maximum absolute atomic E-state index is 9.59. The van der Waals surface area contributed by atoms with E-state index in [-0.39, 0.29) is 12.1 Å². The van der Waals surface area contributed by atoms with Crippen LogP contribution in [0.1, 0.15) is 13.8 Å². The van der Waals surface area contributed by atoms with Gasteiger partial charge in [0.2, 0.25) is 0 Å². The van der Waals surface area contributed by atoms with Gasteiger partial charge in [0.15, 0.2) is 0 Å². The lowest BCUT2D eigenvalue weighted by molar-refractivity contribution is 0.00615. The molecule has 2 nitrogen and oxygen atoms in total. The average molecular weight is 153 g/mol. The quantitative estimate of drug-likeness (QED) is 0.647. The Balaban J connectivity index is 2.48. The molecule has 0 radical (unpaired) electrons. The molecule has 62 valence electrons. The van der Waals surface area contributed by atoms with E-state index in [4.69, 9.17) is 0 Å². The van der Waals surface area contributed by atoms with Gasteiger partial charge in [0, 0.05) is 12.7 Å². The van der Waals surface area contributed by atoms with Crippen LogP contribution in [0.3, 0.4) is 0 Å². The summed E-state index contributed by atoms with van der Waals surface area (Å²) in [5, 5.41) is 9.59. The number of hydrogen-bond acceptors (Lipinski definition) is 2. The van der Waals surface area contributed by atoms with E-state index < -0.39 is 0 Å². The van der Waals surface area contributed by atoms with Crippen molar-refractivity contribution in [3.05, 3.63) is 24.4 Å². The van der Waals surface area contributed by atoms with Crippen LogP contribution in [0.4, 0.5) is 0 Å². The molecular formula is C9H15NO. The van der Waals surface area contributed by atoms with Gasteiger partial charge in [-0.3, -0.25) is 0 Å². The Morgan fingerprint density at radius 2 is 2.09 bits per heavy atom. The van der Waals surface area contributed by atoms with Gasteiger partial charge in [0.05, 0.1) is 0 Å². The Morgan fingerprint density at radius 3 is 2.55 bits per heavy atom. The van der Waals surface area contributed by atoms with Crippen LogP contribution in [0.15, 0.2) is 24.4 Å². The van der Waals surface area contributed by atoms with Gasteiger partial charge in [-0.1, -0.05) is 26.0 Å². The van der Waals surface area contributed by atoms with Crippen LogP contribution in [-0.2, 0) is 0 Å². The van der Waals surface area contributed by atoms with E-state index in [1.807, 2.05) is 43.2 Å². The van der Waals surface area contributed by atoms with E-state index in [2.05, 4.69) is 0 Å². The summed E-state index contributed by atoms with van der Waals surface area (Å²) in [7, 11) is 0. The van der Waals surface area contributed by atoms with Crippen molar-refractivity contribution in [2.75, 3.05) is 6.54 Å². The maximum atomic E-state index is 9.59. The van der Waals surface area contributed by atoms with Gasteiger partial charge < -0.3 is 10.0 Å². The molecule has 1 rings (SSSR count). The second-order valence-corrected chi connectivity index (χ2v) is 3.12. The lowest BCUT2D eigenvalue weighted by Crippen LogP contribution is -2.35. The molecule has 0 saturated carbocycles. The third-order valence-electron chi connectivity index (χ3n) is 1.78. The predicted octanol–water partition coefficient (Wildman–Crippen LogP) is 1.35. The minimum Gasteiger partial charge on any atom is -0.373 e. The molecule has 1 aliphatic heterocycles. The highest BCUT2D eigenvalue weighted by Crippen LogP contribution is 2.10. The van der Waals surface area contributed by atoms with Crippen LogP contribution < -0.4 is 0 Å². The fraction of sp³-hybridized carbons (Fsp3) is 0.556. The van der Waals surface area contributed by atoms with Crippen LogP contribution in [0.25, 0.3) is 0 Å². The molecule has 1 aliphatic rings. The topological polar surface area (TPSA) is 23.5 Å². The van der Waals surface area contributed by atoms with Crippen molar-refractivity contribution in [1.29, 1.82) is 0 Å². The van der Waals surface area contributed by atoms with Gasteiger partial charge in [-0.05, 0) is 12.0 Å². The Bertz CT molecular complexity index is 172. The molecular weight excluding hydrogens is 138 g/mol. The first-order valence-electron chi connectivity index (χ1n) is 3.99. The highest BCUT2D eigenvalue weighted by atomic mass is 16.3. The smallest absolute Gasteiger partial charge is 0.129 e. The number of nitrogens with zero attached hydrogens (tertiary/aromatic N) is 1. The zero-order valence-corrected chi connectivity index (χ0v) is 7.07. The van der Waals surface area contributed by atoms with Crippen LogP contribution in [0.2, 0.25) is 0 Å². The molecule has 0 saturated heterocycles. The normalized spacial score (nSPS) is 19.5. The first kappa shape index (κ1) is 8.34. The van der Waals surface area contributed by atoms with E-state index in [9.17, 15) is 5.11 Å². The molecule has 0 aromatic rings. The van der Waals surface area contributed by atoms with Crippen molar-refractivity contribution in [2.24, 2.45) is 5.92 Å². The average Bonchev–Trinajstić information content (AvgIpc) is 2.05. The van der Waals surface area contributed by atoms with Crippen LogP contribution in [0.5, 0.6) is 0 Å². The van der Waals surface area contributed by atoms with Gasteiger partial charge in [-0.25, -0.2) is 0 Å². The molecule has 0 bridgehead atoms. The van der Waals surface area contributed by atoms with E-state index >= 15 is 0 Å². The second-order valence-electron chi connectivity index (χ2n) is 3.12. The summed E-state index contributed by atoms with van der Waals surface area (Å²) in [6.07, 6.45) is 7.53. The van der Waals surface area contributed by atoms with Crippen molar-refractivity contribution < 1.29 is 5.11 Å². The second kappa shape index (κ2) is 3.58. The van der Waals surface area contributed by atoms with Gasteiger partial charge in [-0.2, -0.15) is 0 Å². The standard InChI is InChI=1S/C9H15NO/c1-8(2)9(11)10-6-4-3-5-7-10/h3-6,8-9,11H,7H2,1-2H3. The molecule has 0 aromatic heterocycles. The van der Waals surface area contributed by atoms with Crippen LogP contribution >= 0.6 is 0 Å². The first-order chi connectivity index (χ1) is 5.22. The lowest BCUT2D eigenvalue weighted by Gasteiger charge is -2.29. The Kier molecular flexibility index (Phi) is 2.71. The van der Waals surface area contributed by atoms with Crippen LogP contribution in [0, 0.1) is 5.92 Å². The fourth-order valence-corrected chi connectivity index (χ4v) is 1.06. The van der Waals surface area contributed by atoms with Gasteiger partial charge in [0.1, 0.15) is 6.23 Å². The van der Waals surface area contributed by atoms with Gasteiger partial charge in [-0.15, -0.1) is 0 Å². The van der Waals surface area contributed by atoms with E-state index in [1.165, 1.54) is 0 Å². The lowest BCUT2D eigenvalue weighted by atomic mass is 10.1. The zero-order valence-electron chi connectivity index (χ0n) is 7.07. The summed E-state index contributed by atoms with van der Waals surface area (Å²) in [5.41, 5.74) is 0. The summed E-state index contributed by atoms with van der Waals surface area (Å²) in [6.45, 7) is 4.84. The third kappa shape index (κ3) is 2.09. The highest BCUT2D eigenvalue weighted by Gasteiger charge is 2.14. The van der Waals surface area contributed by atoms with Crippen molar-refractivity contribution in [1.82, 2.24) is 4.90 Å². The Hall–Kier alpha value is -0.760. The molecule has 1 N–H and O–H groups in total. The van der Waals surface area contributed by atoms with Gasteiger partial charge >= 0.3 is 0 Å². The highest BCUT2D eigenvalue weighted by molar-refractivity contribution is 5.08. The molecule has 0 aromatic carbocycles. The van der Waals surface area contributed by atoms with E-state index in [0.29, 0.717) is 0 Å². The molecule has 0 spiro atoms. The summed E-state index contributed by atoms with van der Waals surface area (Å²) in [5.74, 6) is 0.283. The molecule has 0 aliphatic carbocycles. The summed E-state index contributed by atoms with van der Waals surface area (Å²) in [6, 6.07) is 0. The number of aliphatic hydroxyl groups is 1. The summed E-state index contributed by atoms with van der Waals surface area (Å²) < 4.78 is 0.